The zero-order valence-corrected chi connectivity index (χ0v) is 15.6. The molecule has 0 saturated carbocycles. The molecule has 0 unspecified atom stereocenters. The highest BCUT2D eigenvalue weighted by Gasteiger charge is 2.16. The monoisotopic (exact) mass is 381 g/mol. The number of nitrogens with zero attached hydrogens (tertiary/aromatic N) is 5. The molecule has 0 radical (unpaired) electrons. The molecule has 29 heavy (non-hydrogen) atoms. The maximum atomic E-state index is 13.9. The topological polar surface area (TPSA) is 56.5 Å². The van der Waals surface area contributed by atoms with Crippen LogP contribution in [0.4, 0.5) is 4.39 Å². The summed E-state index contributed by atoms with van der Waals surface area (Å²) in [7, 11) is 0. The zero-order chi connectivity index (χ0) is 19.8. The van der Waals surface area contributed by atoms with E-state index in [0.717, 1.165) is 33.6 Å². The SMILES string of the molecule is Cc1c(-c2ccc(-c3ccccc3)cc2)nc2ccc(F)cc2c1-n1cnnn1. The Bertz CT molecular complexity index is 1300. The highest BCUT2D eigenvalue weighted by atomic mass is 19.1. The van der Waals surface area contributed by atoms with Crippen molar-refractivity contribution < 1.29 is 4.39 Å². The number of fused-ring (bicyclic) bond motifs is 1. The molecule has 0 fully saturated rings. The third kappa shape index (κ3) is 3.04. The summed E-state index contributed by atoms with van der Waals surface area (Å²) in [5, 5.41) is 12.2. The third-order valence-corrected chi connectivity index (χ3v) is 5.00. The summed E-state index contributed by atoms with van der Waals surface area (Å²) in [6.45, 7) is 1.95. The van der Waals surface area contributed by atoms with Crippen LogP contribution in [0.5, 0.6) is 0 Å². The fraction of sp³-hybridized carbons (Fsp3) is 0.0435. The Hall–Kier alpha value is -3.93. The van der Waals surface area contributed by atoms with Gasteiger partial charge in [0.1, 0.15) is 12.1 Å². The first-order valence-corrected chi connectivity index (χ1v) is 9.20. The Morgan fingerprint density at radius 1 is 0.828 bits per heavy atom. The first-order chi connectivity index (χ1) is 14.2. The normalized spacial score (nSPS) is 11.1. The van der Waals surface area contributed by atoms with Crippen LogP contribution in [0.2, 0.25) is 0 Å². The molecule has 5 nitrogen and oxygen atoms in total. The van der Waals surface area contributed by atoms with E-state index in [2.05, 4.69) is 51.9 Å². The minimum atomic E-state index is -0.326. The molecular formula is C23H16FN5. The standard InChI is InChI=1S/C23H16FN5/c1-15-22(18-9-7-17(8-10-18)16-5-3-2-4-6-16)26-21-12-11-19(24)13-20(21)23(15)29-14-25-27-28-29/h2-14H,1H3. The molecule has 3 aromatic carbocycles. The van der Waals surface area contributed by atoms with E-state index in [1.54, 1.807) is 10.7 Å². The highest BCUT2D eigenvalue weighted by Crippen LogP contribution is 2.33. The lowest BCUT2D eigenvalue weighted by Crippen LogP contribution is -2.03. The smallest absolute Gasteiger partial charge is 0.143 e. The van der Waals surface area contributed by atoms with Crippen LogP contribution < -0.4 is 0 Å². The summed E-state index contributed by atoms with van der Waals surface area (Å²) < 4.78 is 15.5. The van der Waals surface area contributed by atoms with Crippen molar-refractivity contribution in [3.63, 3.8) is 0 Å². The fourth-order valence-electron chi connectivity index (χ4n) is 3.61. The van der Waals surface area contributed by atoms with Gasteiger partial charge in [0.15, 0.2) is 0 Å². The lowest BCUT2D eigenvalue weighted by molar-refractivity contribution is 0.629. The molecule has 140 valence electrons. The molecule has 2 aromatic heterocycles. The van der Waals surface area contributed by atoms with Crippen molar-refractivity contribution in [1.29, 1.82) is 0 Å². The summed E-state index contributed by atoms with van der Waals surface area (Å²) in [5.41, 5.74) is 6.37. The van der Waals surface area contributed by atoms with E-state index in [9.17, 15) is 4.39 Å². The summed E-state index contributed by atoms with van der Waals surface area (Å²) in [6, 6.07) is 23.0. The quantitative estimate of drug-likeness (QED) is 0.442. The van der Waals surface area contributed by atoms with Gasteiger partial charge in [0.2, 0.25) is 0 Å². The van der Waals surface area contributed by atoms with Gasteiger partial charge in [-0.2, -0.15) is 4.68 Å². The highest BCUT2D eigenvalue weighted by molar-refractivity contribution is 5.92. The first-order valence-electron chi connectivity index (χ1n) is 9.20. The molecule has 0 amide bonds. The minimum Gasteiger partial charge on any atom is -0.247 e. The molecule has 0 aliphatic rings. The maximum absolute atomic E-state index is 13.9. The van der Waals surface area contributed by atoms with Crippen LogP contribution >= 0.6 is 0 Å². The van der Waals surface area contributed by atoms with Crippen molar-refractivity contribution in [3.05, 3.63) is 90.5 Å². The maximum Gasteiger partial charge on any atom is 0.143 e. The molecule has 0 N–H and O–H groups in total. The second-order valence-electron chi connectivity index (χ2n) is 6.79. The van der Waals surface area contributed by atoms with Gasteiger partial charge in [-0.25, -0.2) is 9.37 Å². The molecule has 0 saturated heterocycles. The van der Waals surface area contributed by atoms with Crippen LogP contribution in [-0.4, -0.2) is 25.2 Å². The molecule has 0 spiro atoms. The number of hydrogen-bond acceptors (Lipinski definition) is 4. The van der Waals surface area contributed by atoms with Gasteiger partial charge < -0.3 is 0 Å². The van der Waals surface area contributed by atoms with E-state index >= 15 is 0 Å². The molecule has 5 rings (SSSR count). The Balaban J connectivity index is 1.70. The zero-order valence-electron chi connectivity index (χ0n) is 15.6. The van der Waals surface area contributed by atoms with E-state index in [1.807, 2.05) is 25.1 Å². The second-order valence-corrected chi connectivity index (χ2v) is 6.79. The third-order valence-electron chi connectivity index (χ3n) is 5.00. The predicted octanol–water partition coefficient (Wildman–Crippen LogP) is 4.99. The summed E-state index contributed by atoms with van der Waals surface area (Å²) >= 11 is 0. The molecule has 0 bridgehead atoms. The van der Waals surface area contributed by atoms with Crippen molar-refractivity contribution in [2.24, 2.45) is 0 Å². The number of aromatic nitrogens is 5. The average molecular weight is 381 g/mol. The van der Waals surface area contributed by atoms with Gasteiger partial charge >= 0.3 is 0 Å². The molecule has 0 aliphatic carbocycles. The van der Waals surface area contributed by atoms with Gasteiger partial charge in [-0.3, -0.25) is 0 Å². The number of rotatable bonds is 3. The second kappa shape index (κ2) is 6.91. The number of pyridine rings is 1. The van der Waals surface area contributed by atoms with Crippen LogP contribution in [0.15, 0.2) is 79.1 Å². The van der Waals surface area contributed by atoms with Gasteiger partial charge in [-0.15, -0.1) is 5.10 Å². The van der Waals surface area contributed by atoms with Gasteiger partial charge in [-0.05, 0) is 46.7 Å². The number of hydrogen-bond donors (Lipinski definition) is 0. The van der Waals surface area contributed by atoms with Gasteiger partial charge in [0.25, 0.3) is 0 Å². The molecule has 2 heterocycles. The molecular weight excluding hydrogens is 365 g/mol. The summed E-state index contributed by atoms with van der Waals surface area (Å²) in [5.74, 6) is -0.326. The van der Waals surface area contributed by atoms with Gasteiger partial charge in [0.05, 0.1) is 16.9 Å². The molecule has 6 heteroatoms. The molecule has 0 aliphatic heterocycles. The van der Waals surface area contributed by atoms with E-state index in [4.69, 9.17) is 4.98 Å². The number of benzene rings is 3. The van der Waals surface area contributed by atoms with Crippen molar-refractivity contribution in [2.45, 2.75) is 6.92 Å². The number of halogens is 1. The lowest BCUT2D eigenvalue weighted by Gasteiger charge is -2.14. The van der Waals surface area contributed by atoms with E-state index in [0.29, 0.717) is 10.9 Å². The minimum absolute atomic E-state index is 0.326. The first kappa shape index (κ1) is 17.2. The van der Waals surface area contributed by atoms with Crippen molar-refractivity contribution >= 4 is 10.9 Å². The van der Waals surface area contributed by atoms with Crippen LogP contribution in [0.25, 0.3) is 39.0 Å². The number of tetrazole rings is 1. The average Bonchev–Trinajstić information content (AvgIpc) is 3.28. The van der Waals surface area contributed by atoms with Crippen molar-refractivity contribution in [1.82, 2.24) is 25.2 Å². The van der Waals surface area contributed by atoms with Crippen molar-refractivity contribution in [2.75, 3.05) is 0 Å². The summed E-state index contributed by atoms with van der Waals surface area (Å²) in [4.78, 5) is 4.81. The Morgan fingerprint density at radius 2 is 1.55 bits per heavy atom. The largest absolute Gasteiger partial charge is 0.247 e. The van der Waals surface area contributed by atoms with E-state index in [1.165, 1.54) is 18.5 Å². The Kier molecular flexibility index (Phi) is 4.09. The van der Waals surface area contributed by atoms with E-state index in [-0.39, 0.29) is 5.82 Å². The molecule has 0 atom stereocenters. The van der Waals surface area contributed by atoms with Gasteiger partial charge in [-0.1, -0.05) is 54.6 Å². The Labute approximate surface area is 166 Å². The van der Waals surface area contributed by atoms with Crippen LogP contribution in [0, 0.1) is 12.7 Å². The fourth-order valence-corrected chi connectivity index (χ4v) is 3.61. The van der Waals surface area contributed by atoms with Crippen molar-refractivity contribution in [3.8, 4) is 28.1 Å². The predicted molar refractivity (Wildman–Crippen MR) is 110 cm³/mol. The van der Waals surface area contributed by atoms with E-state index < -0.39 is 0 Å². The lowest BCUT2D eigenvalue weighted by atomic mass is 9.99. The molecule has 5 aromatic rings. The van der Waals surface area contributed by atoms with Crippen LogP contribution in [0.3, 0.4) is 0 Å². The van der Waals surface area contributed by atoms with Gasteiger partial charge in [0, 0.05) is 16.5 Å². The van der Waals surface area contributed by atoms with Crippen LogP contribution in [-0.2, 0) is 0 Å². The van der Waals surface area contributed by atoms with Crippen LogP contribution in [0.1, 0.15) is 5.56 Å². The summed E-state index contributed by atoms with van der Waals surface area (Å²) in [6.07, 6.45) is 1.51. The Morgan fingerprint density at radius 3 is 2.28 bits per heavy atom.